The molecule has 0 aliphatic carbocycles. The van der Waals surface area contributed by atoms with Gasteiger partial charge >= 0.3 is 6.09 Å². The molecular formula is C29H39Cl2N5O4. The second-order valence-electron chi connectivity index (χ2n) is 11.0. The Kier molecular flexibility index (Phi) is 10.8. The lowest BCUT2D eigenvalue weighted by Crippen LogP contribution is -2.49. The molecule has 0 atom stereocenters. The number of benzene rings is 2. The van der Waals surface area contributed by atoms with Crippen LogP contribution in [-0.2, 0) is 27.4 Å². The molecule has 0 saturated carbocycles. The fourth-order valence-electron chi connectivity index (χ4n) is 4.33. The summed E-state index contributed by atoms with van der Waals surface area (Å²) in [7, 11) is 1.73. The van der Waals surface area contributed by atoms with E-state index >= 15 is 0 Å². The third-order valence-corrected chi connectivity index (χ3v) is 7.03. The van der Waals surface area contributed by atoms with Gasteiger partial charge in [0.15, 0.2) is 0 Å². The van der Waals surface area contributed by atoms with Crippen molar-refractivity contribution in [3.63, 3.8) is 0 Å². The zero-order valence-corrected chi connectivity index (χ0v) is 25.6. The van der Waals surface area contributed by atoms with Crippen LogP contribution in [0, 0.1) is 0 Å². The van der Waals surface area contributed by atoms with E-state index in [1.807, 2.05) is 31.0 Å². The first-order chi connectivity index (χ1) is 18.8. The topological polar surface area (TPSA) is 85.4 Å². The van der Waals surface area contributed by atoms with E-state index in [1.165, 1.54) is 16.0 Å². The summed E-state index contributed by atoms with van der Waals surface area (Å²) in [5, 5.41) is 7.28. The third kappa shape index (κ3) is 8.57. The number of nitrogens with one attached hydrogen (secondary N) is 1. The normalized spacial score (nSPS) is 13.2. The van der Waals surface area contributed by atoms with Gasteiger partial charge in [-0.1, -0.05) is 47.5 Å². The fourth-order valence-corrected chi connectivity index (χ4v) is 4.72. The van der Waals surface area contributed by atoms with Crippen molar-refractivity contribution in [2.45, 2.75) is 59.4 Å². The van der Waals surface area contributed by atoms with Crippen LogP contribution in [0.4, 0.5) is 10.5 Å². The van der Waals surface area contributed by atoms with Crippen molar-refractivity contribution in [2.75, 3.05) is 38.1 Å². The molecule has 40 heavy (non-hydrogen) atoms. The average molecular weight is 593 g/mol. The van der Waals surface area contributed by atoms with E-state index < -0.39 is 11.7 Å². The van der Waals surface area contributed by atoms with E-state index in [2.05, 4.69) is 17.4 Å². The van der Waals surface area contributed by atoms with Crippen LogP contribution in [0.3, 0.4) is 0 Å². The van der Waals surface area contributed by atoms with E-state index in [-0.39, 0.29) is 44.0 Å². The molecule has 3 rings (SSSR count). The number of carbonyl (C=O) groups is 3. The Hall–Kier alpha value is -2.85. The Balaban J connectivity index is 1.65. The molecule has 0 saturated heterocycles. The molecule has 0 fully saturated rings. The van der Waals surface area contributed by atoms with Gasteiger partial charge in [0.25, 0.3) is 5.91 Å². The Morgan fingerprint density at radius 2 is 1.57 bits per heavy atom. The van der Waals surface area contributed by atoms with Crippen LogP contribution in [0.1, 0.15) is 45.7 Å². The summed E-state index contributed by atoms with van der Waals surface area (Å²) >= 11 is 12.7. The van der Waals surface area contributed by atoms with Gasteiger partial charge in [0.05, 0.1) is 23.8 Å². The van der Waals surface area contributed by atoms with Crippen LogP contribution in [0.5, 0.6) is 0 Å². The summed E-state index contributed by atoms with van der Waals surface area (Å²) < 4.78 is 5.56. The van der Waals surface area contributed by atoms with E-state index in [4.69, 9.17) is 27.9 Å². The lowest BCUT2D eigenvalue weighted by molar-refractivity contribution is -0.145. The molecule has 218 valence electrons. The van der Waals surface area contributed by atoms with Crippen molar-refractivity contribution >= 4 is 46.8 Å². The van der Waals surface area contributed by atoms with Crippen LogP contribution in [0.25, 0.3) is 0 Å². The number of nitrogens with zero attached hydrogens (tertiary/aromatic N) is 4. The molecule has 0 unspecified atom stereocenters. The highest BCUT2D eigenvalue weighted by Gasteiger charge is 2.28. The van der Waals surface area contributed by atoms with E-state index in [1.54, 1.807) is 55.9 Å². The first-order valence-electron chi connectivity index (χ1n) is 13.3. The molecule has 9 nitrogen and oxygen atoms in total. The number of anilines is 1. The van der Waals surface area contributed by atoms with Gasteiger partial charge in [0, 0.05) is 44.3 Å². The van der Waals surface area contributed by atoms with Crippen LogP contribution in [0.2, 0.25) is 10.0 Å². The highest BCUT2D eigenvalue weighted by molar-refractivity contribution is 6.35. The number of amides is 3. The van der Waals surface area contributed by atoms with Crippen molar-refractivity contribution in [3.05, 3.63) is 63.6 Å². The first kappa shape index (κ1) is 31.7. The number of hydrogen-bond donors (Lipinski definition) is 1. The maximum atomic E-state index is 13.4. The number of hydrogen-bond acceptors (Lipinski definition) is 6. The number of hydrazine groups is 1. The predicted octanol–water partition coefficient (Wildman–Crippen LogP) is 4.95. The molecule has 1 aliphatic heterocycles. The molecule has 0 bridgehead atoms. The second kappa shape index (κ2) is 13.7. The van der Waals surface area contributed by atoms with Gasteiger partial charge < -0.3 is 14.5 Å². The smallest absolute Gasteiger partial charge is 0.410 e. The fraction of sp³-hybridized carbons (Fsp3) is 0.483. The number of carbonyl (C=O) groups excluding carboxylic acids is 3. The highest BCUT2D eigenvalue weighted by Crippen LogP contribution is 2.29. The second-order valence-corrected chi connectivity index (χ2v) is 11.9. The van der Waals surface area contributed by atoms with Crippen LogP contribution < -0.4 is 10.2 Å². The van der Waals surface area contributed by atoms with Crippen LogP contribution in [0.15, 0.2) is 42.5 Å². The molecule has 2 aromatic carbocycles. The molecular weight excluding hydrogens is 553 g/mol. The van der Waals surface area contributed by atoms with E-state index in [9.17, 15) is 14.4 Å². The van der Waals surface area contributed by atoms with Gasteiger partial charge in [-0.25, -0.2) is 9.80 Å². The third-order valence-electron chi connectivity index (χ3n) is 6.48. The van der Waals surface area contributed by atoms with Crippen LogP contribution >= 0.6 is 23.2 Å². The SMILES string of the molecule is CC(C)N(CCN(C(=O)CNCC(=O)N(C)N1Cc2ccccc2C1)c1cc(Cl)ccc1Cl)C(=O)OC(C)(C)C. The summed E-state index contributed by atoms with van der Waals surface area (Å²) in [6, 6.07) is 12.8. The number of halogens is 2. The van der Waals surface area contributed by atoms with Crippen molar-refractivity contribution in [3.8, 4) is 0 Å². The Labute approximate surface area is 246 Å². The van der Waals surface area contributed by atoms with Gasteiger partial charge in [0.2, 0.25) is 5.91 Å². The molecule has 0 aromatic heterocycles. The van der Waals surface area contributed by atoms with Gasteiger partial charge in [-0.3, -0.25) is 19.9 Å². The summed E-state index contributed by atoms with van der Waals surface area (Å²) in [5.74, 6) is -0.482. The maximum Gasteiger partial charge on any atom is 0.410 e. The first-order valence-corrected chi connectivity index (χ1v) is 14.1. The summed E-state index contributed by atoms with van der Waals surface area (Å²) in [6.07, 6.45) is -0.470. The molecule has 0 spiro atoms. The minimum Gasteiger partial charge on any atom is -0.444 e. The zero-order chi connectivity index (χ0) is 29.6. The predicted molar refractivity (Wildman–Crippen MR) is 158 cm³/mol. The van der Waals surface area contributed by atoms with E-state index in [0.29, 0.717) is 28.8 Å². The summed E-state index contributed by atoms with van der Waals surface area (Å²) in [5.41, 5.74) is 2.16. The minimum absolute atomic E-state index is 0.0256. The molecule has 0 radical (unpaired) electrons. The number of fused-ring (bicyclic) bond motifs is 1. The number of ether oxygens (including phenoxy) is 1. The standard InChI is InChI=1S/C29H39Cl2N5O4/c1-20(2)35(28(39)40-29(3,4)5)13-14-36(25-15-23(30)11-12-24(25)31)27(38)17-32-16-26(37)33(6)34-18-21-9-7-8-10-22(21)19-34/h7-12,15,20,32H,13-14,16-19H2,1-6H3. The van der Waals surface area contributed by atoms with E-state index in [0.717, 1.165) is 0 Å². The van der Waals surface area contributed by atoms with Gasteiger partial charge in [-0.2, -0.15) is 0 Å². The lowest BCUT2D eigenvalue weighted by Gasteiger charge is -2.32. The molecule has 2 aromatic rings. The highest BCUT2D eigenvalue weighted by atomic mass is 35.5. The summed E-state index contributed by atoms with van der Waals surface area (Å²) in [6.45, 7) is 10.7. The molecule has 1 aliphatic rings. The average Bonchev–Trinajstić information content (AvgIpc) is 3.30. The molecule has 3 amide bonds. The zero-order valence-electron chi connectivity index (χ0n) is 24.0. The molecule has 11 heteroatoms. The summed E-state index contributed by atoms with van der Waals surface area (Å²) in [4.78, 5) is 42.2. The van der Waals surface area contributed by atoms with Gasteiger partial charge in [0.1, 0.15) is 5.60 Å². The maximum absolute atomic E-state index is 13.4. The largest absolute Gasteiger partial charge is 0.444 e. The molecule has 1 heterocycles. The molecule has 1 N–H and O–H groups in total. The van der Waals surface area contributed by atoms with Crippen molar-refractivity contribution < 1.29 is 19.1 Å². The van der Waals surface area contributed by atoms with Crippen molar-refractivity contribution in [2.24, 2.45) is 0 Å². The number of likely N-dealkylation sites (N-methyl/N-ethyl adjacent to an activating group) is 1. The van der Waals surface area contributed by atoms with Gasteiger partial charge in [-0.15, -0.1) is 0 Å². The van der Waals surface area contributed by atoms with Crippen molar-refractivity contribution in [1.29, 1.82) is 0 Å². The Morgan fingerprint density at radius 1 is 0.975 bits per heavy atom. The van der Waals surface area contributed by atoms with Crippen molar-refractivity contribution in [1.82, 2.24) is 20.2 Å². The Bertz CT molecular complexity index is 1190. The number of rotatable bonds is 10. The lowest BCUT2D eigenvalue weighted by atomic mass is 10.1. The minimum atomic E-state index is -0.655. The monoisotopic (exact) mass is 591 g/mol. The Morgan fingerprint density at radius 3 is 2.15 bits per heavy atom. The van der Waals surface area contributed by atoms with Crippen LogP contribution in [-0.4, -0.2) is 77.7 Å². The van der Waals surface area contributed by atoms with Gasteiger partial charge in [-0.05, 0) is 63.9 Å². The quantitative estimate of drug-likeness (QED) is 0.421.